The lowest BCUT2D eigenvalue weighted by atomic mass is 9.96. The van der Waals surface area contributed by atoms with Crippen LogP contribution in [0.3, 0.4) is 0 Å². The summed E-state index contributed by atoms with van der Waals surface area (Å²) in [5.74, 6) is 0.290. The predicted octanol–water partition coefficient (Wildman–Crippen LogP) is 4.70. The highest BCUT2D eigenvalue weighted by atomic mass is 32.2. The van der Waals surface area contributed by atoms with Crippen LogP contribution in [0.4, 0.5) is 5.13 Å². The highest BCUT2D eigenvalue weighted by Gasteiger charge is 2.35. The van der Waals surface area contributed by atoms with Gasteiger partial charge in [0.25, 0.3) is 10.0 Å². The lowest BCUT2D eigenvalue weighted by Gasteiger charge is -2.32. The Balaban J connectivity index is 1.42. The summed E-state index contributed by atoms with van der Waals surface area (Å²) in [7, 11) is -1.92. The molecule has 11 heteroatoms. The van der Waals surface area contributed by atoms with E-state index in [0.29, 0.717) is 41.0 Å². The Kier molecular flexibility index (Phi) is 7.07. The van der Waals surface area contributed by atoms with Crippen molar-refractivity contribution >= 4 is 54.0 Å². The van der Waals surface area contributed by atoms with Crippen LogP contribution >= 0.6 is 22.7 Å². The van der Waals surface area contributed by atoms with Crippen molar-refractivity contribution in [2.45, 2.75) is 30.5 Å². The third kappa shape index (κ3) is 4.75. The van der Waals surface area contributed by atoms with Crippen molar-refractivity contribution in [2.75, 3.05) is 25.1 Å². The fourth-order valence-corrected chi connectivity index (χ4v) is 8.04. The molecule has 5 rings (SSSR count). The van der Waals surface area contributed by atoms with Crippen LogP contribution in [0.1, 0.15) is 24.1 Å². The number of sulfonamides is 1. The number of thiazole rings is 1. The molecular formula is C25H26N4O4S3. The maximum absolute atomic E-state index is 13.9. The molecule has 4 aromatic rings. The number of thiophene rings is 1. The van der Waals surface area contributed by atoms with Gasteiger partial charge in [0.05, 0.1) is 24.0 Å². The van der Waals surface area contributed by atoms with Gasteiger partial charge in [-0.25, -0.2) is 13.4 Å². The first-order valence-electron chi connectivity index (χ1n) is 11.6. The van der Waals surface area contributed by atoms with Crippen molar-refractivity contribution in [1.29, 1.82) is 0 Å². The summed E-state index contributed by atoms with van der Waals surface area (Å²) >= 11 is 2.67. The SMILES string of the molecule is COc1ccc(C)c2sc(N(Cc3ccccn3)C(=O)C3CCN(S(=O)(=O)c4cccs4)CC3)nc12. The predicted molar refractivity (Wildman–Crippen MR) is 142 cm³/mol. The molecule has 1 saturated heterocycles. The van der Waals surface area contributed by atoms with Crippen molar-refractivity contribution in [3.05, 3.63) is 65.3 Å². The number of anilines is 1. The van der Waals surface area contributed by atoms with Crippen LogP contribution in [0, 0.1) is 12.8 Å². The summed E-state index contributed by atoms with van der Waals surface area (Å²) in [5, 5.41) is 2.34. The Morgan fingerprint density at radius 3 is 2.64 bits per heavy atom. The first-order chi connectivity index (χ1) is 17.4. The number of amides is 1. The molecule has 1 aliphatic heterocycles. The molecule has 0 aliphatic carbocycles. The van der Waals surface area contributed by atoms with E-state index in [1.165, 1.54) is 27.0 Å². The third-order valence-corrected chi connectivity index (χ3v) is 10.8. The summed E-state index contributed by atoms with van der Waals surface area (Å²) in [6, 6.07) is 12.8. The Bertz CT molecular complexity index is 1460. The number of hydrogen-bond donors (Lipinski definition) is 0. The minimum atomic E-state index is -3.53. The standard InChI is InChI=1S/C25H26N4O4S3/c1-17-8-9-20(33-2)22-23(17)35-25(27-22)29(16-19-6-3-4-12-26-19)24(30)18-10-13-28(14-11-18)36(31,32)21-7-5-15-34-21/h3-9,12,15,18H,10-11,13-14,16H2,1-2H3. The minimum absolute atomic E-state index is 0.0653. The molecule has 1 aromatic carbocycles. The van der Waals surface area contributed by atoms with Crippen LogP contribution in [0.15, 0.2) is 58.3 Å². The Hall–Kier alpha value is -2.86. The molecule has 0 spiro atoms. The van der Waals surface area contributed by atoms with Crippen molar-refractivity contribution < 1.29 is 17.9 Å². The largest absolute Gasteiger partial charge is 0.494 e. The Morgan fingerprint density at radius 1 is 1.17 bits per heavy atom. The van der Waals surface area contributed by atoms with Crippen molar-refractivity contribution in [3.8, 4) is 5.75 Å². The summed E-state index contributed by atoms with van der Waals surface area (Å²) < 4.78 is 34.2. The van der Waals surface area contributed by atoms with E-state index in [2.05, 4.69) is 4.98 Å². The molecule has 36 heavy (non-hydrogen) atoms. The molecule has 0 radical (unpaired) electrons. The normalized spacial score (nSPS) is 15.3. The van der Waals surface area contributed by atoms with Gasteiger partial charge in [0, 0.05) is 25.2 Å². The van der Waals surface area contributed by atoms with E-state index in [4.69, 9.17) is 9.72 Å². The van der Waals surface area contributed by atoms with Crippen LogP contribution < -0.4 is 9.64 Å². The van der Waals surface area contributed by atoms with Gasteiger partial charge in [0.1, 0.15) is 15.5 Å². The highest BCUT2D eigenvalue weighted by Crippen LogP contribution is 2.38. The number of nitrogens with zero attached hydrogens (tertiary/aromatic N) is 4. The van der Waals surface area contributed by atoms with Gasteiger partial charge in [0.2, 0.25) is 5.91 Å². The monoisotopic (exact) mass is 542 g/mol. The number of ether oxygens (including phenoxy) is 1. The second-order valence-electron chi connectivity index (χ2n) is 8.61. The van der Waals surface area contributed by atoms with E-state index in [1.54, 1.807) is 35.7 Å². The van der Waals surface area contributed by atoms with Gasteiger partial charge in [-0.1, -0.05) is 29.5 Å². The van der Waals surface area contributed by atoms with E-state index >= 15 is 0 Å². The molecule has 188 valence electrons. The Labute approximate surface area is 218 Å². The van der Waals surface area contributed by atoms with E-state index in [0.717, 1.165) is 21.5 Å². The molecule has 0 unspecified atom stereocenters. The molecule has 4 heterocycles. The van der Waals surface area contributed by atoms with Gasteiger partial charge in [0.15, 0.2) is 5.13 Å². The number of piperidine rings is 1. The summed E-state index contributed by atoms with van der Waals surface area (Å²) in [6.07, 6.45) is 2.61. The molecule has 0 bridgehead atoms. The number of aromatic nitrogens is 2. The molecule has 3 aromatic heterocycles. The van der Waals surface area contributed by atoms with Gasteiger partial charge in [-0.3, -0.25) is 14.7 Å². The summed E-state index contributed by atoms with van der Waals surface area (Å²) in [4.78, 5) is 24.8. The number of carbonyl (C=O) groups excluding carboxylic acids is 1. The maximum Gasteiger partial charge on any atom is 0.252 e. The molecular weight excluding hydrogens is 517 g/mol. The smallest absolute Gasteiger partial charge is 0.252 e. The topological polar surface area (TPSA) is 92.7 Å². The first kappa shape index (κ1) is 24.8. The van der Waals surface area contributed by atoms with Crippen LogP contribution in [0.5, 0.6) is 5.75 Å². The zero-order chi connectivity index (χ0) is 25.3. The van der Waals surface area contributed by atoms with Gasteiger partial charge in [-0.15, -0.1) is 11.3 Å². The number of benzene rings is 1. The zero-order valence-corrected chi connectivity index (χ0v) is 22.4. The van der Waals surface area contributed by atoms with Gasteiger partial charge in [-0.05, 0) is 55.0 Å². The second-order valence-corrected chi connectivity index (χ2v) is 12.7. The molecule has 1 aliphatic rings. The average molecular weight is 543 g/mol. The van der Waals surface area contributed by atoms with Gasteiger partial charge < -0.3 is 4.74 Å². The summed E-state index contributed by atoms with van der Waals surface area (Å²) in [6.45, 7) is 2.91. The number of fused-ring (bicyclic) bond motifs is 1. The van der Waals surface area contributed by atoms with E-state index in [1.807, 2.05) is 37.3 Å². The average Bonchev–Trinajstić information content (AvgIpc) is 3.60. The second kappa shape index (κ2) is 10.3. The van der Waals surface area contributed by atoms with E-state index < -0.39 is 10.0 Å². The fourth-order valence-electron chi connectivity index (χ4n) is 4.37. The maximum atomic E-state index is 13.9. The molecule has 1 amide bonds. The van der Waals surface area contributed by atoms with Crippen molar-refractivity contribution in [2.24, 2.45) is 5.92 Å². The summed E-state index contributed by atoms with van der Waals surface area (Å²) in [5.41, 5.74) is 2.55. The van der Waals surface area contributed by atoms with Crippen LogP contribution in [-0.2, 0) is 21.4 Å². The minimum Gasteiger partial charge on any atom is -0.494 e. The number of pyridine rings is 1. The number of methoxy groups -OCH3 is 1. The fraction of sp³-hybridized carbons (Fsp3) is 0.320. The van der Waals surface area contributed by atoms with Gasteiger partial charge >= 0.3 is 0 Å². The molecule has 1 fully saturated rings. The van der Waals surface area contributed by atoms with Crippen molar-refractivity contribution in [3.63, 3.8) is 0 Å². The number of aryl methyl sites for hydroxylation is 1. The molecule has 8 nitrogen and oxygen atoms in total. The number of hydrogen-bond acceptors (Lipinski definition) is 8. The van der Waals surface area contributed by atoms with Crippen LogP contribution in [-0.4, -0.2) is 48.8 Å². The number of rotatable bonds is 7. The lowest BCUT2D eigenvalue weighted by Crippen LogP contribution is -2.44. The lowest BCUT2D eigenvalue weighted by molar-refractivity contribution is -0.123. The molecule has 0 N–H and O–H groups in total. The quantitative estimate of drug-likeness (QED) is 0.336. The Morgan fingerprint density at radius 2 is 1.97 bits per heavy atom. The van der Waals surface area contributed by atoms with Crippen molar-refractivity contribution in [1.82, 2.24) is 14.3 Å². The van der Waals surface area contributed by atoms with Gasteiger partial charge in [-0.2, -0.15) is 4.31 Å². The van der Waals surface area contributed by atoms with Crippen LogP contribution in [0.2, 0.25) is 0 Å². The number of carbonyl (C=O) groups is 1. The van der Waals surface area contributed by atoms with E-state index in [9.17, 15) is 13.2 Å². The third-order valence-electron chi connectivity index (χ3n) is 6.35. The zero-order valence-electron chi connectivity index (χ0n) is 20.0. The molecule has 0 atom stereocenters. The first-order valence-corrected chi connectivity index (χ1v) is 14.7. The van der Waals surface area contributed by atoms with Crippen LogP contribution in [0.25, 0.3) is 10.2 Å². The highest BCUT2D eigenvalue weighted by molar-refractivity contribution is 7.91. The van der Waals surface area contributed by atoms with E-state index in [-0.39, 0.29) is 18.4 Å². The molecule has 0 saturated carbocycles.